The monoisotopic (exact) mass is 394 g/mol. The van der Waals surface area contributed by atoms with Gasteiger partial charge in [-0.1, -0.05) is 24.3 Å². The summed E-state index contributed by atoms with van der Waals surface area (Å²) in [5.41, 5.74) is 0.640. The summed E-state index contributed by atoms with van der Waals surface area (Å²) < 4.78 is 44.3. The van der Waals surface area contributed by atoms with Crippen molar-refractivity contribution in [3.63, 3.8) is 0 Å². The van der Waals surface area contributed by atoms with Crippen LogP contribution in [0.5, 0.6) is 5.75 Å². The molecule has 0 atom stereocenters. The molecule has 0 saturated carbocycles. The number of carbonyl (C=O) groups is 1. The van der Waals surface area contributed by atoms with E-state index in [-0.39, 0.29) is 18.3 Å². The number of anilines is 1. The van der Waals surface area contributed by atoms with Gasteiger partial charge in [-0.15, -0.1) is 0 Å². The maximum atomic E-state index is 14.0. The molecule has 0 bridgehead atoms. The lowest BCUT2D eigenvalue weighted by atomic mass is 10.2. The van der Waals surface area contributed by atoms with Gasteiger partial charge in [0.25, 0.3) is 0 Å². The molecule has 27 heavy (non-hydrogen) atoms. The molecule has 0 saturated heterocycles. The summed E-state index contributed by atoms with van der Waals surface area (Å²) in [6.07, 6.45) is 0.957. The molecule has 2 rings (SSSR count). The number of benzene rings is 2. The number of nitrogens with one attached hydrogen (secondary N) is 1. The summed E-state index contributed by atoms with van der Waals surface area (Å²) in [6.45, 7) is 3.51. The number of hydrogen-bond acceptors (Lipinski definition) is 4. The predicted octanol–water partition coefficient (Wildman–Crippen LogP) is 2.70. The predicted molar refractivity (Wildman–Crippen MR) is 103 cm³/mol. The number of halogens is 1. The van der Waals surface area contributed by atoms with Gasteiger partial charge in [-0.05, 0) is 43.7 Å². The quantitative estimate of drug-likeness (QED) is 0.747. The molecule has 0 unspecified atom stereocenters. The molecule has 0 spiro atoms. The molecule has 2 aromatic carbocycles. The third-order valence-electron chi connectivity index (χ3n) is 3.57. The van der Waals surface area contributed by atoms with Crippen molar-refractivity contribution in [1.82, 2.24) is 5.32 Å². The molecule has 0 aliphatic rings. The van der Waals surface area contributed by atoms with E-state index in [0.717, 1.165) is 22.2 Å². The maximum Gasteiger partial charge on any atom is 0.241 e. The second kappa shape index (κ2) is 8.85. The fourth-order valence-corrected chi connectivity index (χ4v) is 3.28. The number of ether oxygens (including phenoxy) is 1. The first-order valence-electron chi connectivity index (χ1n) is 8.41. The van der Waals surface area contributed by atoms with Gasteiger partial charge in [-0.25, -0.2) is 12.8 Å². The van der Waals surface area contributed by atoms with E-state index in [1.54, 1.807) is 12.1 Å². The van der Waals surface area contributed by atoms with Gasteiger partial charge in [0, 0.05) is 6.54 Å². The van der Waals surface area contributed by atoms with Crippen molar-refractivity contribution in [1.29, 1.82) is 0 Å². The molecular formula is C19H23FN2O4S. The smallest absolute Gasteiger partial charge is 0.241 e. The van der Waals surface area contributed by atoms with Gasteiger partial charge in [0.2, 0.25) is 15.9 Å². The van der Waals surface area contributed by atoms with E-state index in [1.165, 1.54) is 18.2 Å². The van der Waals surface area contributed by atoms with Crippen molar-refractivity contribution in [2.75, 3.05) is 17.1 Å². The second-order valence-electron chi connectivity index (χ2n) is 6.31. The summed E-state index contributed by atoms with van der Waals surface area (Å²) in [5, 5.41) is 2.65. The Balaban J connectivity index is 2.06. The van der Waals surface area contributed by atoms with Crippen LogP contribution in [0.3, 0.4) is 0 Å². The Bertz CT molecular complexity index is 900. The van der Waals surface area contributed by atoms with Crippen LogP contribution >= 0.6 is 0 Å². The minimum absolute atomic E-state index is 0.0268. The SMILES string of the molecule is CC(C)Oc1cccc(CNC(=O)CN(c2ccccc2F)S(C)(=O)=O)c1. The average Bonchev–Trinajstić information content (AvgIpc) is 2.57. The van der Waals surface area contributed by atoms with Gasteiger partial charge in [0.15, 0.2) is 0 Å². The van der Waals surface area contributed by atoms with Crippen molar-refractivity contribution in [3.8, 4) is 5.75 Å². The van der Waals surface area contributed by atoms with Gasteiger partial charge < -0.3 is 10.1 Å². The van der Waals surface area contributed by atoms with Gasteiger partial charge in [-0.3, -0.25) is 9.10 Å². The van der Waals surface area contributed by atoms with E-state index in [2.05, 4.69) is 5.32 Å². The summed E-state index contributed by atoms with van der Waals surface area (Å²) in [5.74, 6) is -0.575. The Morgan fingerprint density at radius 3 is 2.52 bits per heavy atom. The van der Waals surface area contributed by atoms with Gasteiger partial charge >= 0.3 is 0 Å². The van der Waals surface area contributed by atoms with Crippen molar-refractivity contribution < 1.29 is 22.3 Å². The molecule has 6 nitrogen and oxygen atoms in total. The molecule has 0 fully saturated rings. The first-order chi connectivity index (χ1) is 12.7. The average molecular weight is 394 g/mol. The molecule has 0 aromatic heterocycles. The van der Waals surface area contributed by atoms with Gasteiger partial charge in [0.1, 0.15) is 18.1 Å². The fourth-order valence-electron chi connectivity index (χ4n) is 2.42. The van der Waals surface area contributed by atoms with E-state index in [1.807, 2.05) is 26.0 Å². The number of amides is 1. The largest absolute Gasteiger partial charge is 0.491 e. The van der Waals surface area contributed by atoms with Crippen LogP contribution in [0, 0.1) is 5.82 Å². The molecule has 0 heterocycles. The lowest BCUT2D eigenvalue weighted by Gasteiger charge is -2.22. The molecule has 1 amide bonds. The van der Waals surface area contributed by atoms with Crippen LogP contribution in [-0.2, 0) is 21.4 Å². The second-order valence-corrected chi connectivity index (χ2v) is 8.22. The minimum Gasteiger partial charge on any atom is -0.491 e. The first kappa shape index (κ1) is 20.7. The van der Waals surface area contributed by atoms with Crippen LogP contribution in [0.1, 0.15) is 19.4 Å². The highest BCUT2D eigenvalue weighted by Crippen LogP contribution is 2.21. The first-order valence-corrected chi connectivity index (χ1v) is 10.3. The van der Waals surface area contributed by atoms with Crippen LogP contribution in [0.25, 0.3) is 0 Å². The summed E-state index contributed by atoms with van der Waals surface area (Å²) in [4.78, 5) is 12.2. The lowest BCUT2D eigenvalue weighted by molar-refractivity contribution is -0.119. The zero-order chi connectivity index (χ0) is 20.0. The Morgan fingerprint density at radius 2 is 1.89 bits per heavy atom. The molecule has 2 aromatic rings. The third-order valence-corrected chi connectivity index (χ3v) is 4.70. The van der Waals surface area contributed by atoms with E-state index in [9.17, 15) is 17.6 Å². The number of para-hydroxylation sites is 1. The fraction of sp³-hybridized carbons (Fsp3) is 0.316. The Morgan fingerprint density at radius 1 is 1.19 bits per heavy atom. The van der Waals surface area contributed by atoms with Crippen molar-refractivity contribution in [2.45, 2.75) is 26.5 Å². The lowest BCUT2D eigenvalue weighted by Crippen LogP contribution is -2.40. The van der Waals surface area contributed by atoms with Gasteiger partial charge in [0.05, 0.1) is 18.0 Å². The molecule has 8 heteroatoms. The van der Waals surface area contributed by atoms with Crippen LogP contribution in [-0.4, -0.2) is 33.2 Å². The number of sulfonamides is 1. The minimum atomic E-state index is -3.83. The molecule has 146 valence electrons. The zero-order valence-electron chi connectivity index (χ0n) is 15.5. The Kier molecular flexibility index (Phi) is 6.79. The summed E-state index contributed by atoms with van der Waals surface area (Å²) in [7, 11) is -3.83. The number of nitrogens with zero attached hydrogens (tertiary/aromatic N) is 1. The van der Waals surface area contributed by atoms with Crippen molar-refractivity contribution in [2.24, 2.45) is 0 Å². The number of carbonyl (C=O) groups excluding carboxylic acids is 1. The van der Waals surface area contributed by atoms with Crippen LogP contribution < -0.4 is 14.4 Å². The molecule has 0 aliphatic carbocycles. The summed E-state index contributed by atoms with van der Waals surface area (Å²) >= 11 is 0. The van der Waals surface area contributed by atoms with E-state index >= 15 is 0 Å². The highest BCUT2D eigenvalue weighted by atomic mass is 32.2. The van der Waals surface area contributed by atoms with Crippen LogP contribution in [0.15, 0.2) is 48.5 Å². The Labute approximate surface area is 159 Å². The number of hydrogen-bond donors (Lipinski definition) is 1. The Hall–Kier alpha value is -2.61. The third kappa shape index (κ3) is 6.25. The zero-order valence-corrected chi connectivity index (χ0v) is 16.3. The van der Waals surface area contributed by atoms with E-state index in [4.69, 9.17) is 4.74 Å². The van der Waals surface area contributed by atoms with Crippen molar-refractivity contribution >= 4 is 21.6 Å². The normalized spacial score (nSPS) is 11.3. The standard InChI is InChI=1S/C19H23FN2O4S/c1-14(2)26-16-8-6-7-15(11-16)12-21-19(23)13-22(27(3,24)25)18-10-5-4-9-17(18)20/h4-11,14H,12-13H2,1-3H3,(H,21,23). The van der Waals surface area contributed by atoms with Crippen LogP contribution in [0.2, 0.25) is 0 Å². The van der Waals surface area contributed by atoms with E-state index in [0.29, 0.717) is 5.75 Å². The molecule has 1 N–H and O–H groups in total. The molecule has 0 radical (unpaired) electrons. The van der Waals surface area contributed by atoms with Crippen LogP contribution in [0.4, 0.5) is 10.1 Å². The maximum absolute atomic E-state index is 14.0. The van der Waals surface area contributed by atoms with Crippen molar-refractivity contribution in [3.05, 3.63) is 59.9 Å². The van der Waals surface area contributed by atoms with Gasteiger partial charge in [-0.2, -0.15) is 0 Å². The highest BCUT2D eigenvalue weighted by molar-refractivity contribution is 7.92. The molecular weight excluding hydrogens is 371 g/mol. The highest BCUT2D eigenvalue weighted by Gasteiger charge is 2.23. The van der Waals surface area contributed by atoms with E-state index < -0.39 is 28.3 Å². The molecule has 0 aliphatic heterocycles. The number of rotatable bonds is 8. The summed E-state index contributed by atoms with van der Waals surface area (Å²) in [6, 6.07) is 12.7. The topological polar surface area (TPSA) is 75.7 Å².